The highest BCUT2D eigenvalue weighted by molar-refractivity contribution is 7.87. The summed E-state index contributed by atoms with van der Waals surface area (Å²) in [6.07, 6.45) is 4.57. The number of nitrogens with zero attached hydrogens (tertiary/aromatic N) is 1. The summed E-state index contributed by atoms with van der Waals surface area (Å²) >= 11 is 0. The predicted molar refractivity (Wildman–Crippen MR) is 72.7 cm³/mol. The molecule has 0 amide bonds. The molecule has 0 aliphatic heterocycles. The van der Waals surface area contributed by atoms with Crippen molar-refractivity contribution < 1.29 is 17.9 Å². The third kappa shape index (κ3) is 5.08. The molecule has 0 aromatic carbocycles. The Morgan fingerprint density at radius 3 is 2.53 bits per heavy atom. The Balaban J connectivity index is 2.47. The Kier molecular flexibility index (Phi) is 6.22. The van der Waals surface area contributed by atoms with Gasteiger partial charge in [-0.25, -0.2) is 0 Å². The maximum atomic E-state index is 12.1. The van der Waals surface area contributed by atoms with E-state index >= 15 is 0 Å². The second-order valence-corrected chi connectivity index (χ2v) is 6.91. The van der Waals surface area contributed by atoms with Crippen molar-refractivity contribution in [2.75, 3.05) is 20.7 Å². The standard InChI is InChI=1S/C12H24N2O4S/c1-10(11-6-4-5-7-11)13-19(16,17)14(2)9-8-12(15)18-3/h10-11,13H,4-9H2,1-3H3/t10-/m0/s1. The minimum atomic E-state index is -3.53. The van der Waals surface area contributed by atoms with Crippen molar-refractivity contribution in [3.8, 4) is 0 Å². The van der Waals surface area contributed by atoms with Gasteiger partial charge in [0.1, 0.15) is 0 Å². The van der Waals surface area contributed by atoms with E-state index in [0.717, 1.165) is 17.1 Å². The Bertz CT molecular complexity index is 391. The number of nitrogens with one attached hydrogen (secondary N) is 1. The predicted octanol–water partition coefficient (Wildman–Crippen LogP) is 0.894. The highest BCUT2D eigenvalue weighted by Crippen LogP contribution is 2.27. The fourth-order valence-corrected chi connectivity index (χ4v) is 3.52. The van der Waals surface area contributed by atoms with E-state index in [2.05, 4.69) is 9.46 Å². The lowest BCUT2D eigenvalue weighted by atomic mass is 10.0. The van der Waals surface area contributed by atoms with Crippen LogP contribution in [0.2, 0.25) is 0 Å². The van der Waals surface area contributed by atoms with Gasteiger partial charge in [0.2, 0.25) is 0 Å². The van der Waals surface area contributed by atoms with Crippen LogP contribution in [0.3, 0.4) is 0 Å². The van der Waals surface area contributed by atoms with E-state index in [0.29, 0.717) is 5.92 Å². The third-order valence-corrected chi connectivity index (χ3v) is 5.38. The second kappa shape index (κ2) is 7.21. The molecule has 0 bridgehead atoms. The Morgan fingerprint density at radius 1 is 1.42 bits per heavy atom. The van der Waals surface area contributed by atoms with Gasteiger partial charge in [0, 0.05) is 19.6 Å². The van der Waals surface area contributed by atoms with Crippen molar-refractivity contribution in [3.05, 3.63) is 0 Å². The SMILES string of the molecule is COC(=O)CCN(C)S(=O)(=O)N[C@@H](C)C1CCCC1. The summed E-state index contributed by atoms with van der Waals surface area (Å²) < 4.78 is 32.5. The van der Waals surface area contributed by atoms with Crippen LogP contribution in [-0.4, -0.2) is 45.4 Å². The van der Waals surface area contributed by atoms with E-state index in [9.17, 15) is 13.2 Å². The highest BCUT2D eigenvalue weighted by atomic mass is 32.2. The van der Waals surface area contributed by atoms with Gasteiger partial charge in [0.15, 0.2) is 0 Å². The first kappa shape index (κ1) is 16.4. The van der Waals surface area contributed by atoms with Crippen LogP contribution in [0, 0.1) is 5.92 Å². The van der Waals surface area contributed by atoms with Gasteiger partial charge >= 0.3 is 5.97 Å². The van der Waals surface area contributed by atoms with E-state index in [-0.39, 0.29) is 19.0 Å². The lowest BCUT2D eigenvalue weighted by Gasteiger charge is -2.24. The molecule has 1 aliphatic rings. The number of hydrogen-bond acceptors (Lipinski definition) is 4. The van der Waals surface area contributed by atoms with Crippen molar-refractivity contribution in [2.24, 2.45) is 5.92 Å². The molecular weight excluding hydrogens is 268 g/mol. The molecule has 1 fully saturated rings. The normalized spacial score (nSPS) is 18.7. The van der Waals surface area contributed by atoms with Crippen LogP contribution >= 0.6 is 0 Å². The number of ether oxygens (including phenoxy) is 1. The van der Waals surface area contributed by atoms with Crippen molar-refractivity contribution in [1.29, 1.82) is 0 Å². The summed E-state index contributed by atoms with van der Waals surface area (Å²) in [5.74, 6) is 0.00896. The van der Waals surface area contributed by atoms with E-state index in [1.165, 1.54) is 27.0 Å². The highest BCUT2D eigenvalue weighted by Gasteiger charge is 2.27. The van der Waals surface area contributed by atoms with Crippen molar-refractivity contribution in [1.82, 2.24) is 9.03 Å². The first-order valence-electron chi connectivity index (χ1n) is 6.67. The van der Waals surface area contributed by atoms with Gasteiger partial charge in [0.25, 0.3) is 10.2 Å². The van der Waals surface area contributed by atoms with E-state index < -0.39 is 16.2 Å². The maximum Gasteiger partial charge on any atom is 0.306 e. The summed E-state index contributed by atoms with van der Waals surface area (Å²) in [7, 11) is -0.771. The molecule has 1 aliphatic carbocycles. The van der Waals surface area contributed by atoms with Crippen LogP contribution in [-0.2, 0) is 19.7 Å². The fraction of sp³-hybridized carbons (Fsp3) is 0.917. The first-order valence-corrected chi connectivity index (χ1v) is 8.11. The molecule has 0 unspecified atom stereocenters. The van der Waals surface area contributed by atoms with Crippen LogP contribution in [0.1, 0.15) is 39.0 Å². The molecular formula is C12H24N2O4S. The van der Waals surface area contributed by atoms with Gasteiger partial charge in [-0.3, -0.25) is 4.79 Å². The smallest absolute Gasteiger partial charge is 0.306 e. The largest absolute Gasteiger partial charge is 0.469 e. The molecule has 0 spiro atoms. The number of methoxy groups -OCH3 is 1. The molecule has 7 heteroatoms. The lowest BCUT2D eigenvalue weighted by Crippen LogP contribution is -2.45. The average Bonchev–Trinajstić information content (AvgIpc) is 2.88. The van der Waals surface area contributed by atoms with Crippen molar-refractivity contribution in [2.45, 2.75) is 45.1 Å². The fourth-order valence-electron chi connectivity index (χ4n) is 2.35. The van der Waals surface area contributed by atoms with Crippen LogP contribution in [0.4, 0.5) is 0 Å². The molecule has 112 valence electrons. The Morgan fingerprint density at radius 2 is 2.00 bits per heavy atom. The lowest BCUT2D eigenvalue weighted by molar-refractivity contribution is -0.140. The number of esters is 1. The van der Waals surface area contributed by atoms with Gasteiger partial charge < -0.3 is 4.74 Å². The zero-order valence-corrected chi connectivity index (χ0v) is 12.7. The van der Waals surface area contributed by atoms with Gasteiger partial charge in [-0.05, 0) is 25.7 Å². The topological polar surface area (TPSA) is 75.7 Å². The minimum absolute atomic E-state index is 0.0612. The Hall–Kier alpha value is -0.660. The monoisotopic (exact) mass is 292 g/mol. The quantitative estimate of drug-likeness (QED) is 0.707. The molecule has 6 nitrogen and oxygen atoms in total. The number of rotatable bonds is 7. The van der Waals surface area contributed by atoms with Crippen molar-refractivity contribution in [3.63, 3.8) is 0 Å². The van der Waals surface area contributed by atoms with Crippen LogP contribution in [0.15, 0.2) is 0 Å². The molecule has 0 aromatic rings. The number of hydrogen-bond donors (Lipinski definition) is 1. The summed E-state index contributed by atoms with van der Waals surface area (Å²) in [5, 5.41) is 0. The molecule has 0 saturated heterocycles. The van der Waals surface area contributed by atoms with Gasteiger partial charge in [0.05, 0.1) is 13.5 Å². The minimum Gasteiger partial charge on any atom is -0.469 e. The van der Waals surface area contributed by atoms with Crippen molar-refractivity contribution >= 4 is 16.2 Å². The molecule has 19 heavy (non-hydrogen) atoms. The van der Waals surface area contributed by atoms with Crippen LogP contribution in [0.5, 0.6) is 0 Å². The first-order chi connectivity index (χ1) is 8.86. The van der Waals surface area contributed by atoms with Gasteiger partial charge in [-0.15, -0.1) is 0 Å². The molecule has 1 atom stereocenters. The third-order valence-electron chi connectivity index (χ3n) is 3.71. The summed E-state index contributed by atoms with van der Waals surface area (Å²) in [5.41, 5.74) is 0. The average molecular weight is 292 g/mol. The number of carbonyl (C=O) groups is 1. The summed E-state index contributed by atoms with van der Waals surface area (Å²) in [6.45, 7) is 2.03. The molecule has 0 heterocycles. The zero-order chi connectivity index (χ0) is 14.5. The second-order valence-electron chi connectivity index (χ2n) is 5.10. The van der Waals surface area contributed by atoms with Crippen LogP contribution < -0.4 is 4.72 Å². The number of carbonyl (C=O) groups excluding carboxylic acids is 1. The van der Waals surface area contributed by atoms with E-state index in [1.807, 2.05) is 6.92 Å². The molecule has 0 radical (unpaired) electrons. The maximum absolute atomic E-state index is 12.1. The van der Waals surface area contributed by atoms with E-state index in [4.69, 9.17) is 0 Å². The summed E-state index contributed by atoms with van der Waals surface area (Å²) in [4.78, 5) is 11.0. The molecule has 1 rings (SSSR count). The Labute approximate surface area is 115 Å². The van der Waals surface area contributed by atoms with Crippen LogP contribution in [0.25, 0.3) is 0 Å². The molecule has 0 aromatic heterocycles. The molecule has 1 N–H and O–H groups in total. The zero-order valence-electron chi connectivity index (χ0n) is 11.9. The van der Waals surface area contributed by atoms with E-state index in [1.54, 1.807) is 0 Å². The summed E-state index contributed by atoms with van der Waals surface area (Å²) in [6, 6.07) is -0.0620. The van der Waals surface area contributed by atoms with Gasteiger partial charge in [-0.2, -0.15) is 17.4 Å². The molecule has 1 saturated carbocycles. The van der Waals surface area contributed by atoms with Gasteiger partial charge in [-0.1, -0.05) is 12.8 Å².